The molecule has 4 heteroatoms. The van der Waals surface area contributed by atoms with Crippen LogP contribution >= 0.6 is 0 Å². The van der Waals surface area contributed by atoms with E-state index in [4.69, 9.17) is 4.74 Å². The van der Waals surface area contributed by atoms with E-state index >= 15 is 0 Å². The Labute approximate surface area is 117 Å². The van der Waals surface area contributed by atoms with Crippen LogP contribution in [0.15, 0.2) is 0 Å². The van der Waals surface area contributed by atoms with E-state index in [9.17, 15) is 0 Å². The number of ether oxygens (including phenoxy) is 1. The lowest BCUT2D eigenvalue weighted by Crippen LogP contribution is -2.60. The van der Waals surface area contributed by atoms with Gasteiger partial charge in [-0.2, -0.15) is 0 Å². The molecular formula is C15H29N3O. The van der Waals surface area contributed by atoms with Gasteiger partial charge in [-0.3, -0.25) is 9.80 Å². The van der Waals surface area contributed by atoms with Crippen LogP contribution in [-0.4, -0.2) is 73.9 Å². The normalized spacial score (nSPS) is 34.6. The first-order valence-electron chi connectivity index (χ1n) is 8.17. The van der Waals surface area contributed by atoms with Crippen molar-refractivity contribution in [3.8, 4) is 0 Å². The number of piperazine rings is 1. The van der Waals surface area contributed by atoms with E-state index in [1.807, 2.05) is 0 Å². The minimum Gasteiger partial charge on any atom is -0.380 e. The molecule has 0 aromatic heterocycles. The van der Waals surface area contributed by atoms with Crippen molar-refractivity contribution < 1.29 is 4.74 Å². The zero-order valence-electron chi connectivity index (χ0n) is 12.3. The average molecular weight is 267 g/mol. The van der Waals surface area contributed by atoms with E-state index in [2.05, 4.69) is 22.0 Å². The highest BCUT2D eigenvalue weighted by Gasteiger charge is 2.35. The maximum absolute atomic E-state index is 5.74. The fourth-order valence-corrected chi connectivity index (χ4v) is 3.52. The Morgan fingerprint density at radius 2 is 1.79 bits per heavy atom. The Morgan fingerprint density at radius 1 is 1.05 bits per heavy atom. The minimum atomic E-state index is 0.599. The second kappa shape index (κ2) is 6.53. The molecule has 110 valence electrons. The molecular weight excluding hydrogens is 238 g/mol. The van der Waals surface area contributed by atoms with Crippen molar-refractivity contribution in [1.82, 2.24) is 15.1 Å². The molecule has 19 heavy (non-hydrogen) atoms. The third-order valence-corrected chi connectivity index (χ3v) is 4.86. The van der Waals surface area contributed by atoms with Gasteiger partial charge in [0.1, 0.15) is 0 Å². The average Bonchev–Trinajstić information content (AvgIpc) is 3.30. The highest BCUT2D eigenvalue weighted by Crippen LogP contribution is 2.28. The summed E-state index contributed by atoms with van der Waals surface area (Å²) < 4.78 is 5.74. The van der Waals surface area contributed by atoms with Crippen molar-refractivity contribution in [2.45, 2.75) is 50.7 Å². The van der Waals surface area contributed by atoms with Crippen LogP contribution in [0, 0.1) is 0 Å². The number of hydrogen-bond donors (Lipinski definition) is 1. The summed E-state index contributed by atoms with van der Waals surface area (Å²) >= 11 is 0. The molecule has 0 aromatic rings. The van der Waals surface area contributed by atoms with Gasteiger partial charge in [-0.15, -0.1) is 0 Å². The van der Waals surface area contributed by atoms with Crippen LogP contribution < -0.4 is 5.32 Å². The van der Waals surface area contributed by atoms with Gasteiger partial charge in [0.05, 0.1) is 6.61 Å². The first-order chi connectivity index (χ1) is 9.38. The Morgan fingerprint density at radius 3 is 2.47 bits per heavy atom. The van der Waals surface area contributed by atoms with Crippen molar-refractivity contribution in [2.75, 3.05) is 45.9 Å². The molecule has 2 saturated heterocycles. The van der Waals surface area contributed by atoms with Gasteiger partial charge in [-0.05, 0) is 32.2 Å². The molecule has 0 spiro atoms. The van der Waals surface area contributed by atoms with Crippen LogP contribution in [0.1, 0.15) is 32.6 Å². The predicted molar refractivity (Wildman–Crippen MR) is 77.5 cm³/mol. The van der Waals surface area contributed by atoms with Crippen LogP contribution in [0.2, 0.25) is 0 Å². The maximum atomic E-state index is 5.74. The SMILES string of the molecule is CCCNC1CCOCC1N1CCN(C2CC2)CC1. The zero-order valence-corrected chi connectivity index (χ0v) is 12.3. The molecule has 3 fully saturated rings. The summed E-state index contributed by atoms with van der Waals surface area (Å²) in [4.78, 5) is 5.36. The number of hydrogen-bond acceptors (Lipinski definition) is 4. The van der Waals surface area contributed by atoms with Gasteiger partial charge in [0.25, 0.3) is 0 Å². The second-order valence-electron chi connectivity index (χ2n) is 6.29. The largest absolute Gasteiger partial charge is 0.380 e. The minimum absolute atomic E-state index is 0.599. The molecule has 0 bridgehead atoms. The van der Waals surface area contributed by atoms with Crippen molar-refractivity contribution >= 4 is 0 Å². The van der Waals surface area contributed by atoms with Crippen LogP contribution in [0.25, 0.3) is 0 Å². The van der Waals surface area contributed by atoms with E-state index in [0.29, 0.717) is 12.1 Å². The van der Waals surface area contributed by atoms with Gasteiger partial charge in [0.2, 0.25) is 0 Å². The smallest absolute Gasteiger partial charge is 0.0637 e. The van der Waals surface area contributed by atoms with E-state index in [0.717, 1.165) is 25.8 Å². The van der Waals surface area contributed by atoms with Crippen molar-refractivity contribution in [1.29, 1.82) is 0 Å². The van der Waals surface area contributed by atoms with Crippen LogP contribution in [0.5, 0.6) is 0 Å². The summed E-state index contributed by atoms with van der Waals surface area (Å²) in [5.41, 5.74) is 0. The molecule has 3 rings (SSSR count). The summed E-state index contributed by atoms with van der Waals surface area (Å²) in [6.07, 6.45) is 5.27. The Kier molecular flexibility index (Phi) is 4.74. The van der Waals surface area contributed by atoms with Crippen LogP contribution in [0.4, 0.5) is 0 Å². The van der Waals surface area contributed by atoms with Crippen LogP contribution in [-0.2, 0) is 4.74 Å². The molecule has 0 radical (unpaired) electrons. The van der Waals surface area contributed by atoms with E-state index in [1.54, 1.807) is 0 Å². The lowest BCUT2D eigenvalue weighted by Gasteiger charge is -2.44. The van der Waals surface area contributed by atoms with E-state index in [-0.39, 0.29) is 0 Å². The Balaban J connectivity index is 1.50. The van der Waals surface area contributed by atoms with Crippen molar-refractivity contribution in [3.63, 3.8) is 0 Å². The third kappa shape index (κ3) is 3.48. The Hall–Kier alpha value is -0.160. The molecule has 0 amide bonds. The van der Waals surface area contributed by atoms with Gasteiger partial charge >= 0.3 is 0 Å². The summed E-state index contributed by atoms with van der Waals surface area (Å²) in [6.45, 7) is 10.2. The summed E-state index contributed by atoms with van der Waals surface area (Å²) in [6, 6.07) is 2.17. The third-order valence-electron chi connectivity index (χ3n) is 4.86. The van der Waals surface area contributed by atoms with Crippen molar-refractivity contribution in [2.24, 2.45) is 0 Å². The molecule has 2 unspecified atom stereocenters. The predicted octanol–water partition coefficient (Wildman–Crippen LogP) is 0.924. The number of nitrogens with zero attached hydrogens (tertiary/aromatic N) is 2. The highest BCUT2D eigenvalue weighted by molar-refractivity contribution is 4.92. The van der Waals surface area contributed by atoms with Gasteiger partial charge in [-0.1, -0.05) is 6.92 Å². The monoisotopic (exact) mass is 267 g/mol. The Bertz CT molecular complexity index is 275. The van der Waals surface area contributed by atoms with Gasteiger partial charge in [0, 0.05) is 50.9 Å². The first-order valence-corrected chi connectivity index (χ1v) is 8.17. The fourth-order valence-electron chi connectivity index (χ4n) is 3.52. The molecule has 1 N–H and O–H groups in total. The van der Waals surface area contributed by atoms with E-state index < -0.39 is 0 Å². The van der Waals surface area contributed by atoms with Crippen molar-refractivity contribution in [3.05, 3.63) is 0 Å². The van der Waals surface area contributed by atoms with Gasteiger partial charge in [0.15, 0.2) is 0 Å². The molecule has 1 aliphatic carbocycles. The maximum Gasteiger partial charge on any atom is 0.0637 e. The number of rotatable bonds is 5. The molecule has 4 nitrogen and oxygen atoms in total. The zero-order chi connectivity index (χ0) is 13.1. The molecule has 2 heterocycles. The molecule has 2 atom stereocenters. The van der Waals surface area contributed by atoms with Gasteiger partial charge < -0.3 is 10.1 Å². The number of nitrogens with one attached hydrogen (secondary N) is 1. The lowest BCUT2D eigenvalue weighted by atomic mass is 10.0. The summed E-state index contributed by atoms with van der Waals surface area (Å²) in [5, 5.41) is 3.73. The quantitative estimate of drug-likeness (QED) is 0.802. The van der Waals surface area contributed by atoms with Crippen LogP contribution in [0.3, 0.4) is 0 Å². The summed E-state index contributed by atoms with van der Waals surface area (Å²) in [5.74, 6) is 0. The highest BCUT2D eigenvalue weighted by atomic mass is 16.5. The first kappa shape index (κ1) is 13.8. The summed E-state index contributed by atoms with van der Waals surface area (Å²) in [7, 11) is 0. The lowest BCUT2D eigenvalue weighted by molar-refractivity contribution is -0.0208. The fraction of sp³-hybridized carbons (Fsp3) is 1.00. The van der Waals surface area contributed by atoms with E-state index in [1.165, 1.54) is 51.9 Å². The topological polar surface area (TPSA) is 27.7 Å². The molecule has 1 saturated carbocycles. The molecule has 3 aliphatic rings. The second-order valence-corrected chi connectivity index (χ2v) is 6.29. The molecule has 2 aliphatic heterocycles. The van der Waals surface area contributed by atoms with Gasteiger partial charge in [-0.25, -0.2) is 0 Å². The molecule has 0 aromatic carbocycles. The standard InChI is InChI=1S/C15H29N3O/c1-2-6-16-14-5-11-19-12-15(14)18-9-7-17(8-10-18)13-3-4-13/h13-16H,2-12H2,1H3.